The summed E-state index contributed by atoms with van der Waals surface area (Å²) in [4.78, 5) is 1.39. The number of aromatic nitrogens is 2. The normalized spacial score (nSPS) is 15.0. The Balaban J connectivity index is 2.52. The molecule has 60 valence electrons. The van der Waals surface area contributed by atoms with Gasteiger partial charge in [0.1, 0.15) is 0 Å². The lowest BCUT2D eigenvalue weighted by Crippen LogP contribution is -2.14. The predicted molar refractivity (Wildman–Crippen MR) is 45.2 cm³/mol. The van der Waals surface area contributed by atoms with Gasteiger partial charge in [-0.25, -0.2) is 5.84 Å². The second kappa shape index (κ2) is 2.31. The van der Waals surface area contributed by atoms with E-state index in [0.717, 1.165) is 22.8 Å². The Hall–Kier alpha value is -0.880. The molecule has 6 heteroatoms. The number of nitrogens with zero attached hydrogens (tertiary/aromatic N) is 2. The number of fused-ring (bicyclic) bond motifs is 1. The largest absolute Gasteiger partial charge is 0.323 e. The van der Waals surface area contributed by atoms with Gasteiger partial charge in [0, 0.05) is 17.1 Å². The molecule has 0 atom stereocenters. The summed E-state index contributed by atoms with van der Waals surface area (Å²) in [6.45, 7) is 0. The molecular weight excluding hydrogens is 162 g/mol. The van der Waals surface area contributed by atoms with Crippen molar-refractivity contribution in [3.05, 3.63) is 11.3 Å². The van der Waals surface area contributed by atoms with E-state index in [9.17, 15) is 0 Å². The molecule has 1 aromatic heterocycles. The zero-order valence-electron chi connectivity index (χ0n) is 5.87. The summed E-state index contributed by atoms with van der Waals surface area (Å²) in [7, 11) is 0. The summed E-state index contributed by atoms with van der Waals surface area (Å²) in [6.07, 6.45) is 0. The predicted octanol–water partition coefficient (Wildman–Crippen LogP) is -0.371. The van der Waals surface area contributed by atoms with Gasteiger partial charge in [-0.05, 0) is 0 Å². The Labute approximate surface area is 68.1 Å². The van der Waals surface area contributed by atoms with E-state index in [-0.39, 0.29) is 0 Å². The van der Waals surface area contributed by atoms with E-state index in [2.05, 4.69) is 10.5 Å². The molecular formula is C5H9N5S. The third-order valence-electron chi connectivity index (χ3n) is 1.74. The SMILES string of the molecule is NNc1nn(N)c2c1CSC2. The molecule has 2 rings (SSSR count). The zero-order chi connectivity index (χ0) is 7.84. The summed E-state index contributed by atoms with van der Waals surface area (Å²) in [5, 5.41) is 4.00. The van der Waals surface area contributed by atoms with Gasteiger partial charge in [-0.15, -0.1) is 5.10 Å². The first-order chi connectivity index (χ1) is 5.33. The topological polar surface area (TPSA) is 81.9 Å². The average molecular weight is 171 g/mol. The first-order valence-electron chi connectivity index (χ1n) is 3.23. The van der Waals surface area contributed by atoms with E-state index in [0.29, 0.717) is 5.82 Å². The maximum atomic E-state index is 5.56. The molecule has 1 aliphatic rings. The smallest absolute Gasteiger partial charge is 0.168 e. The van der Waals surface area contributed by atoms with E-state index in [1.807, 2.05) is 11.8 Å². The van der Waals surface area contributed by atoms with E-state index in [1.165, 1.54) is 4.79 Å². The number of thioether (sulfide) groups is 1. The fourth-order valence-electron chi connectivity index (χ4n) is 1.17. The standard InChI is InChI=1S/C5H9N5S/c6-8-5-3-1-11-2-4(3)10(7)9-5/h1-2,6-7H2,(H,8,9). The third kappa shape index (κ3) is 0.865. The number of nitrogens with one attached hydrogen (secondary N) is 1. The summed E-state index contributed by atoms with van der Waals surface area (Å²) in [5.41, 5.74) is 4.73. The second-order valence-electron chi connectivity index (χ2n) is 2.36. The first-order valence-corrected chi connectivity index (χ1v) is 4.38. The Bertz CT molecular complexity index is 281. The summed E-state index contributed by atoms with van der Waals surface area (Å²) < 4.78 is 0. The molecule has 0 radical (unpaired) electrons. The molecule has 0 bridgehead atoms. The second-order valence-corrected chi connectivity index (χ2v) is 3.34. The quantitative estimate of drug-likeness (QED) is 0.396. The minimum absolute atomic E-state index is 0.701. The maximum Gasteiger partial charge on any atom is 0.168 e. The number of nitrogen functional groups attached to an aromatic ring is 2. The molecule has 5 nitrogen and oxygen atoms in total. The number of hydrogen-bond acceptors (Lipinski definition) is 5. The van der Waals surface area contributed by atoms with Crippen LogP contribution in [0.4, 0.5) is 5.82 Å². The molecule has 0 saturated heterocycles. The van der Waals surface area contributed by atoms with E-state index < -0.39 is 0 Å². The molecule has 0 unspecified atom stereocenters. The minimum Gasteiger partial charge on any atom is -0.323 e. The third-order valence-corrected chi connectivity index (χ3v) is 2.71. The van der Waals surface area contributed by atoms with Crippen LogP contribution in [0.2, 0.25) is 0 Å². The van der Waals surface area contributed by atoms with Crippen molar-refractivity contribution >= 4 is 17.6 Å². The first kappa shape index (κ1) is 6.81. The van der Waals surface area contributed by atoms with Crippen LogP contribution in [0.5, 0.6) is 0 Å². The van der Waals surface area contributed by atoms with Gasteiger partial charge in [0.15, 0.2) is 5.82 Å². The fraction of sp³-hybridized carbons (Fsp3) is 0.400. The highest BCUT2D eigenvalue weighted by Gasteiger charge is 2.21. The van der Waals surface area contributed by atoms with Crippen molar-refractivity contribution < 1.29 is 0 Å². The summed E-state index contributed by atoms with van der Waals surface area (Å²) in [5.74, 6) is 13.4. The van der Waals surface area contributed by atoms with E-state index >= 15 is 0 Å². The zero-order valence-corrected chi connectivity index (χ0v) is 6.69. The lowest BCUT2D eigenvalue weighted by Gasteiger charge is -1.94. The fourth-order valence-corrected chi connectivity index (χ4v) is 2.28. The van der Waals surface area contributed by atoms with Crippen LogP contribution in [0, 0.1) is 0 Å². The van der Waals surface area contributed by atoms with Crippen molar-refractivity contribution in [3.63, 3.8) is 0 Å². The van der Waals surface area contributed by atoms with Crippen LogP contribution in [0.25, 0.3) is 0 Å². The van der Waals surface area contributed by atoms with Crippen LogP contribution in [-0.4, -0.2) is 9.89 Å². The molecule has 0 amide bonds. The van der Waals surface area contributed by atoms with E-state index in [4.69, 9.17) is 11.7 Å². The van der Waals surface area contributed by atoms with Crippen LogP contribution >= 0.6 is 11.8 Å². The highest BCUT2D eigenvalue weighted by atomic mass is 32.2. The van der Waals surface area contributed by atoms with Gasteiger partial charge in [-0.3, -0.25) is 0 Å². The van der Waals surface area contributed by atoms with Gasteiger partial charge in [0.05, 0.1) is 5.69 Å². The summed E-state index contributed by atoms with van der Waals surface area (Å²) in [6, 6.07) is 0. The van der Waals surface area contributed by atoms with Gasteiger partial charge in [-0.2, -0.15) is 16.6 Å². The average Bonchev–Trinajstić information content (AvgIpc) is 2.54. The van der Waals surface area contributed by atoms with Gasteiger partial charge in [0.2, 0.25) is 0 Å². The number of anilines is 1. The number of hydrogen-bond donors (Lipinski definition) is 3. The molecule has 0 spiro atoms. The van der Waals surface area contributed by atoms with Crippen LogP contribution in [0.3, 0.4) is 0 Å². The van der Waals surface area contributed by atoms with Crippen molar-refractivity contribution in [2.24, 2.45) is 5.84 Å². The van der Waals surface area contributed by atoms with Gasteiger partial charge in [-0.1, -0.05) is 0 Å². The highest BCUT2D eigenvalue weighted by Crippen LogP contribution is 2.33. The molecule has 5 N–H and O–H groups in total. The molecule has 1 aromatic rings. The Morgan fingerprint density at radius 3 is 3.09 bits per heavy atom. The Morgan fingerprint density at radius 1 is 1.55 bits per heavy atom. The molecule has 1 aliphatic heterocycles. The summed E-state index contributed by atoms with van der Waals surface area (Å²) >= 11 is 1.82. The molecule has 0 aliphatic carbocycles. The van der Waals surface area contributed by atoms with Crippen LogP contribution in [0.15, 0.2) is 0 Å². The molecule has 2 heterocycles. The number of rotatable bonds is 1. The lowest BCUT2D eigenvalue weighted by molar-refractivity contribution is 0.798. The van der Waals surface area contributed by atoms with Crippen molar-refractivity contribution in [2.75, 3.05) is 11.3 Å². The van der Waals surface area contributed by atoms with Crippen molar-refractivity contribution in [1.82, 2.24) is 9.89 Å². The van der Waals surface area contributed by atoms with Crippen LogP contribution in [-0.2, 0) is 11.5 Å². The molecule has 11 heavy (non-hydrogen) atoms. The van der Waals surface area contributed by atoms with Crippen molar-refractivity contribution in [2.45, 2.75) is 11.5 Å². The lowest BCUT2D eigenvalue weighted by atomic mass is 10.3. The van der Waals surface area contributed by atoms with Gasteiger partial charge >= 0.3 is 0 Å². The van der Waals surface area contributed by atoms with Gasteiger partial charge < -0.3 is 11.3 Å². The van der Waals surface area contributed by atoms with Crippen molar-refractivity contribution in [3.8, 4) is 0 Å². The molecule has 0 saturated carbocycles. The Kier molecular flexibility index (Phi) is 1.43. The maximum absolute atomic E-state index is 5.56. The van der Waals surface area contributed by atoms with Gasteiger partial charge in [0.25, 0.3) is 0 Å². The number of hydrazine groups is 1. The Morgan fingerprint density at radius 2 is 2.36 bits per heavy atom. The monoisotopic (exact) mass is 171 g/mol. The molecule has 0 aromatic carbocycles. The molecule has 0 fully saturated rings. The van der Waals surface area contributed by atoms with Crippen LogP contribution in [0.1, 0.15) is 11.3 Å². The minimum atomic E-state index is 0.701. The van der Waals surface area contributed by atoms with Crippen LogP contribution < -0.4 is 17.1 Å². The van der Waals surface area contributed by atoms with Crippen molar-refractivity contribution in [1.29, 1.82) is 0 Å². The highest BCUT2D eigenvalue weighted by molar-refractivity contribution is 7.98. The number of nitrogens with two attached hydrogens (primary N) is 2. The van der Waals surface area contributed by atoms with E-state index in [1.54, 1.807) is 0 Å².